The van der Waals surface area contributed by atoms with E-state index in [1.807, 2.05) is 0 Å². The van der Waals surface area contributed by atoms with Crippen molar-refractivity contribution in [2.75, 3.05) is 21.3 Å². The summed E-state index contributed by atoms with van der Waals surface area (Å²) in [4.78, 5) is 24.1. The van der Waals surface area contributed by atoms with Gasteiger partial charge in [0.2, 0.25) is 0 Å². The maximum absolute atomic E-state index is 12.1. The van der Waals surface area contributed by atoms with E-state index in [1.165, 1.54) is 57.7 Å². The van der Waals surface area contributed by atoms with Crippen LogP contribution in [0.2, 0.25) is 0 Å². The Kier molecular flexibility index (Phi) is 27.8. The molecule has 81 heavy (non-hydrogen) atoms. The Labute approximate surface area is 472 Å². The first kappa shape index (κ1) is 65.7. The van der Waals surface area contributed by atoms with Crippen molar-refractivity contribution in [3.63, 3.8) is 0 Å². The Hall–Kier alpha value is -7.84. The van der Waals surface area contributed by atoms with Crippen LogP contribution in [0, 0.1) is 0 Å². The van der Waals surface area contributed by atoms with Crippen LogP contribution in [-0.4, -0.2) is 118 Å². The zero-order valence-corrected chi connectivity index (χ0v) is 46.1. The average molecular weight is 1120 g/mol. The van der Waals surface area contributed by atoms with Crippen LogP contribution in [-0.2, 0) is 67.9 Å². The van der Waals surface area contributed by atoms with Gasteiger partial charge in [-0.3, -0.25) is 9.59 Å². The second kappa shape index (κ2) is 34.3. The topological polar surface area (TPSA) is 325 Å². The average Bonchev–Trinajstić information content (AvgIpc) is 3.46. The highest BCUT2D eigenvalue weighted by Gasteiger charge is 2.16. The number of aliphatic hydroxyl groups is 7. The highest BCUT2D eigenvalue weighted by atomic mass is 16.5. The summed E-state index contributed by atoms with van der Waals surface area (Å²) in [7, 11) is 4.42. The van der Waals surface area contributed by atoms with Crippen LogP contribution in [0.5, 0.6) is 51.7 Å². The second-order valence-electron chi connectivity index (χ2n) is 19.5. The predicted molar refractivity (Wildman–Crippen MR) is 304 cm³/mol. The molecule has 0 aliphatic carbocycles. The molecule has 18 nitrogen and oxygen atoms in total. The minimum atomic E-state index is -0.738. The number of hydrogen-bond donors (Lipinski definition) is 13. The molecule has 3 unspecified atom stereocenters. The number of rotatable bonds is 29. The molecule has 0 aromatic heterocycles. The number of carbonyl (C=O) groups is 2. The number of carbonyl (C=O) groups excluding carboxylic acids is 2. The molecule has 0 fully saturated rings. The van der Waals surface area contributed by atoms with E-state index in [0.29, 0.717) is 98.1 Å². The Balaban J connectivity index is 0.000000261. The van der Waals surface area contributed by atoms with Gasteiger partial charge in [0, 0.05) is 48.4 Å². The number of hydrogen-bond acceptors (Lipinski definition) is 18. The number of benzene rings is 6. The quantitative estimate of drug-likeness (QED) is 0.0157. The molecule has 0 radical (unpaired) electrons. The molecule has 438 valence electrons. The Morgan fingerprint density at radius 2 is 0.728 bits per heavy atom. The maximum atomic E-state index is 12.1. The van der Waals surface area contributed by atoms with Gasteiger partial charge in [-0.15, -0.1) is 0 Å². The fourth-order valence-electron chi connectivity index (χ4n) is 8.57. The lowest BCUT2D eigenvalue weighted by Gasteiger charge is -2.16. The van der Waals surface area contributed by atoms with Crippen LogP contribution in [0.3, 0.4) is 0 Å². The zero-order valence-electron chi connectivity index (χ0n) is 46.1. The summed E-state index contributed by atoms with van der Waals surface area (Å²) in [6, 6.07) is 29.8. The third-order valence-electron chi connectivity index (χ3n) is 13.3. The fraction of sp³-hybridized carbons (Fsp3) is 0.365. The van der Waals surface area contributed by atoms with E-state index < -0.39 is 18.3 Å². The number of aryl methyl sites for hydroxylation is 6. The van der Waals surface area contributed by atoms with Crippen molar-refractivity contribution in [3.05, 3.63) is 171 Å². The van der Waals surface area contributed by atoms with Crippen molar-refractivity contribution < 1.29 is 90.2 Å². The number of phenolic OH excluding ortho intramolecular Hbond substituents is 3. The maximum Gasteiger partial charge on any atom is 0.160 e. The number of aromatic hydroxyl groups is 6. The summed E-state index contributed by atoms with van der Waals surface area (Å²) in [6.45, 7) is -0.742. The molecule has 6 aromatic rings. The molecule has 0 heterocycles. The van der Waals surface area contributed by atoms with Crippen molar-refractivity contribution >= 4 is 11.6 Å². The number of ketones is 2. The van der Waals surface area contributed by atoms with Gasteiger partial charge in [-0.05, 0) is 170 Å². The summed E-state index contributed by atoms with van der Waals surface area (Å²) in [6.07, 6.45) is 5.04. The lowest BCUT2D eigenvalue weighted by atomic mass is 9.98. The lowest BCUT2D eigenvalue weighted by Crippen LogP contribution is -2.19. The summed E-state index contributed by atoms with van der Waals surface area (Å²) < 4.78 is 15.2. The van der Waals surface area contributed by atoms with Crippen LogP contribution < -0.4 is 14.2 Å². The van der Waals surface area contributed by atoms with E-state index in [-0.39, 0.29) is 97.3 Å². The normalized spacial score (nSPS) is 12.2. The second-order valence-corrected chi connectivity index (χ2v) is 19.5. The Morgan fingerprint density at radius 1 is 0.420 bits per heavy atom. The molecule has 0 spiro atoms. The number of methoxy groups -OCH3 is 3. The van der Waals surface area contributed by atoms with Gasteiger partial charge in [0.15, 0.2) is 40.3 Å². The molecule has 6 aromatic carbocycles. The molecule has 13 N–H and O–H groups in total. The summed E-state index contributed by atoms with van der Waals surface area (Å²) in [5.74, 6) is 1.21. The molecule has 0 aliphatic heterocycles. The van der Waals surface area contributed by atoms with Gasteiger partial charge in [0.05, 0.1) is 65.2 Å². The summed E-state index contributed by atoms with van der Waals surface area (Å²) in [5.41, 5.74) is 6.67. The third kappa shape index (κ3) is 23.0. The van der Waals surface area contributed by atoms with E-state index in [4.69, 9.17) is 24.4 Å². The monoisotopic (exact) mass is 1120 g/mol. The van der Waals surface area contributed by atoms with Crippen LogP contribution in [0.4, 0.5) is 0 Å². The molecule has 6 rings (SSSR count). The van der Waals surface area contributed by atoms with Gasteiger partial charge in [-0.2, -0.15) is 0 Å². The van der Waals surface area contributed by atoms with E-state index in [2.05, 4.69) is 0 Å². The molecular weight excluding hydrogens is 1040 g/mol. The molecule has 0 bridgehead atoms. The van der Waals surface area contributed by atoms with E-state index in [0.717, 1.165) is 33.4 Å². The predicted octanol–water partition coefficient (Wildman–Crippen LogP) is 7.94. The highest BCUT2D eigenvalue weighted by Crippen LogP contribution is 2.30. The largest absolute Gasteiger partial charge is 0.512 e. The van der Waals surface area contributed by atoms with Gasteiger partial charge in [-0.1, -0.05) is 36.4 Å². The molecule has 3 atom stereocenters. The van der Waals surface area contributed by atoms with Crippen LogP contribution in [0.25, 0.3) is 0 Å². The number of allylic oxidation sites excluding steroid dienone is 2. The molecule has 18 heteroatoms. The summed E-state index contributed by atoms with van der Waals surface area (Å²) >= 11 is 0. The van der Waals surface area contributed by atoms with E-state index in [1.54, 1.807) is 78.9 Å². The van der Waals surface area contributed by atoms with Crippen molar-refractivity contribution in [1.82, 2.24) is 0 Å². The molecular formula is C63H78O18. The van der Waals surface area contributed by atoms with Crippen molar-refractivity contribution in [3.8, 4) is 51.7 Å². The van der Waals surface area contributed by atoms with E-state index >= 15 is 0 Å². The van der Waals surface area contributed by atoms with Crippen molar-refractivity contribution in [1.29, 1.82) is 0 Å². The molecule has 0 saturated carbocycles. The Bertz CT molecular complexity index is 2890. The minimum Gasteiger partial charge on any atom is -0.512 e. The number of Topliss-reactive ketones (excluding diaryl/α,β-unsaturated/α-hetero) is 1. The minimum absolute atomic E-state index is 0.0121. The zero-order chi connectivity index (χ0) is 59.4. The first-order valence-corrected chi connectivity index (χ1v) is 26.6. The molecule has 0 amide bonds. The van der Waals surface area contributed by atoms with Crippen LogP contribution in [0.1, 0.15) is 101 Å². The smallest absolute Gasteiger partial charge is 0.160 e. The van der Waals surface area contributed by atoms with Crippen molar-refractivity contribution in [2.24, 2.45) is 0 Å². The van der Waals surface area contributed by atoms with Gasteiger partial charge in [-0.25, -0.2) is 0 Å². The van der Waals surface area contributed by atoms with Crippen molar-refractivity contribution in [2.45, 2.75) is 128 Å². The highest BCUT2D eigenvalue weighted by molar-refractivity contribution is 5.90. The standard InChI is InChI=1S/C21H28O6.C21H26O6.C21H24O6/c3*1-27-21-11-15(5-9-20(21)26)3-7-18(24)12-17(23)6-2-14-4-8-19(25)16(10-14)13-22/h4-5,8-11,17-18,22-26H,2-3,6-7,12-13H2,1H3;4-5,8-11,17,22-23,25-26H,2-3,6-7,12-13H2,1H3;4-5,8-12,22-23,25-26H,2-3,6-7,13H2,1H3/b;;17-12-. The van der Waals surface area contributed by atoms with Gasteiger partial charge >= 0.3 is 0 Å². The fourth-order valence-corrected chi connectivity index (χ4v) is 8.57. The number of ether oxygens (including phenoxy) is 3. The molecule has 0 aliphatic rings. The SMILES string of the molecule is COc1cc(CCC(=O)/C=C(\O)CCc2ccc(O)c(CO)c2)ccc1O.COc1cc(CCC(=O)CC(O)CCc2ccc(O)c(CO)c2)ccc1O.COc1cc(CCC(O)CC(O)CCc2ccc(O)c(CO)c2)ccc1O. The number of aliphatic hydroxyl groups excluding tert-OH is 7. The first-order valence-electron chi connectivity index (χ1n) is 26.6. The van der Waals surface area contributed by atoms with Crippen LogP contribution >= 0.6 is 0 Å². The third-order valence-corrected chi connectivity index (χ3v) is 13.3. The Morgan fingerprint density at radius 3 is 1.10 bits per heavy atom. The van der Waals surface area contributed by atoms with E-state index in [9.17, 15) is 65.8 Å². The lowest BCUT2D eigenvalue weighted by molar-refractivity contribution is -0.121. The van der Waals surface area contributed by atoms with Crippen LogP contribution in [0.15, 0.2) is 121 Å². The van der Waals surface area contributed by atoms with Gasteiger partial charge < -0.3 is 80.6 Å². The summed E-state index contributed by atoms with van der Waals surface area (Å²) in [5, 5.41) is 125. The molecule has 0 saturated heterocycles. The first-order chi connectivity index (χ1) is 38.8. The van der Waals surface area contributed by atoms with Gasteiger partial charge in [0.1, 0.15) is 23.0 Å². The van der Waals surface area contributed by atoms with Gasteiger partial charge in [0.25, 0.3) is 0 Å². The number of phenols is 6.